The number of hydrogen-bond acceptors (Lipinski definition) is 8. The van der Waals surface area contributed by atoms with Gasteiger partial charge in [0.05, 0.1) is 37.4 Å². The molecule has 3 saturated heterocycles. The van der Waals surface area contributed by atoms with E-state index >= 15 is 0 Å². The number of aliphatic carboxylic acids is 1. The largest absolute Gasteiger partial charge is 0.481 e. The molecule has 0 aromatic heterocycles. The summed E-state index contributed by atoms with van der Waals surface area (Å²) in [6, 6.07) is -0.131. The predicted octanol–water partition coefficient (Wildman–Crippen LogP) is 2.45. The molecule has 1 amide bonds. The molecule has 3 rings (SSSR count). The Hall–Kier alpha value is -2.53. The number of carbonyl (C=O) groups excluding carboxylic acids is 2. The number of aliphatic hydroxyl groups is 1. The number of esters is 1. The second-order valence-corrected chi connectivity index (χ2v) is 10.7. The van der Waals surface area contributed by atoms with Gasteiger partial charge in [-0.2, -0.15) is 0 Å². The maximum Gasteiger partial charge on any atom is 0.305 e. The quantitative estimate of drug-likeness (QED) is 0.166. The maximum absolute atomic E-state index is 12.3. The summed E-state index contributed by atoms with van der Waals surface area (Å²) < 4.78 is 22.5. The molecule has 9 atom stereocenters. The van der Waals surface area contributed by atoms with Crippen LogP contribution in [0.1, 0.15) is 60.3 Å². The monoisotopic (exact) mass is 535 g/mol. The van der Waals surface area contributed by atoms with Crippen molar-refractivity contribution in [3.05, 3.63) is 36.0 Å². The van der Waals surface area contributed by atoms with Crippen molar-refractivity contribution in [1.29, 1.82) is 0 Å². The Balaban J connectivity index is 1.49. The van der Waals surface area contributed by atoms with E-state index < -0.39 is 42.0 Å². The highest BCUT2D eigenvalue weighted by Gasteiger charge is 2.58. The molecule has 3 aliphatic heterocycles. The molecule has 3 N–H and O–H groups in total. The van der Waals surface area contributed by atoms with Crippen molar-refractivity contribution >= 4 is 17.8 Å². The molecule has 38 heavy (non-hydrogen) atoms. The third-order valence-corrected chi connectivity index (χ3v) is 7.33. The van der Waals surface area contributed by atoms with Crippen molar-refractivity contribution in [3.8, 4) is 0 Å². The fraction of sp³-hybridized carbons (Fsp3) is 0.679. The number of carboxylic acid groups (broad SMARTS) is 1. The molecule has 3 heterocycles. The number of allylic oxidation sites excluding steroid dienone is 2. The second-order valence-electron chi connectivity index (χ2n) is 10.7. The van der Waals surface area contributed by atoms with Crippen LogP contribution in [-0.4, -0.2) is 82.9 Å². The van der Waals surface area contributed by atoms with Crippen LogP contribution >= 0.6 is 0 Å². The zero-order valence-electron chi connectivity index (χ0n) is 22.8. The number of carbonyl (C=O) groups is 3. The van der Waals surface area contributed by atoms with Crippen molar-refractivity contribution in [1.82, 2.24) is 5.32 Å². The van der Waals surface area contributed by atoms with Gasteiger partial charge in [-0.1, -0.05) is 30.7 Å². The van der Waals surface area contributed by atoms with Crippen molar-refractivity contribution < 1.29 is 43.5 Å². The Labute approximate surface area is 224 Å². The van der Waals surface area contributed by atoms with Gasteiger partial charge in [-0.3, -0.25) is 14.4 Å². The van der Waals surface area contributed by atoms with E-state index in [-0.39, 0.29) is 36.5 Å². The minimum Gasteiger partial charge on any atom is -0.481 e. The van der Waals surface area contributed by atoms with Crippen LogP contribution in [-0.2, 0) is 33.3 Å². The lowest BCUT2D eigenvalue weighted by atomic mass is 9.87. The molecule has 0 aromatic rings. The molecular formula is C28H41NO9. The van der Waals surface area contributed by atoms with E-state index in [2.05, 4.69) is 18.3 Å². The lowest BCUT2D eigenvalue weighted by molar-refractivity contribution is -0.155. The lowest BCUT2D eigenvalue weighted by Gasteiger charge is -2.39. The van der Waals surface area contributed by atoms with Crippen LogP contribution in [0.4, 0.5) is 0 Å². The van der Waals surface area contributed by atoms with Gasteiger partial charge in [0.2, 0.25) is 5.91 Å². The number of ether oxygens (including phenoxy) is 4. The van der Waals surface area contributed by atoms with E-state index in [0.717, 1.165) is 12.0 Å². The first-order chi connectivity index (χ1) is 17.9. The Morgan fingerprint density at radius 3 is 2.53 bits per heavy atom. The first-order valence-electron chi connectivity index (χ1n) is 13.2. The third-order valence-electron chi connectivity index (χ3n) is 7.33. The average molecular weight is 536 g/mol. The van der Waals surface area contributed by atoms with E-state index in [1.807, 2.05) is 19.9 Å². The van der Waals surface area contributed by atoms with E-state index in [0.29, 0.717) is 19.4 Å². The molecule has 7 unspecified atom stereocenters. The van der Waals surface area contributed by atoms with Gasteiger partial charge < -0.3 is 34.5 Å². The molecule has 1 spiro atoms. The number of aliphatic hydroxyl groups excluding tert-OH is 1. The number of rotatable bonds is 10. The summed E-state index contributed by atoms with van der Waals surface area (Å²) in [7, 11) is 0. The molecule has 0 aromatic carbocycles. The van der Waals surface area contributed by atoms with Crippen molar-refractivity contribution in [3.63, 3.8) is 0 Å². The Kier molecular flexibility index (Phi) is 10.3. The number of nitrogens with one attached hydrogen (secondary N) is 1. The van der Waals surface area contributed by atoms with Gasteiger partial charge in [0.1, 0.15) is 23.9 Å². The van der Waals surface area contributed by atoms with Crippen molar-refractivity contribution in [2.45, 2.75) is 109 Å². The zero-order chi connectivity index (χ0) is 28.0. The van der Waals surface area contributed by atoms with E-state index in [9.17, 15) is 19.5 Å². The van der Waals surface area contributed by atoms with Gasteiger partial charge in [0, 0.05) is 19.4 Å². The Morgan fingerprint density at radius 1 is 1.18 bits per heavy atom. The molecule has 3 aliphatic rings. The topological polar surface area (TPSA) is 144 Å². The summed E-state index contributed by atoms with van der Waals surface area (Å²) >= 11 is 0. The summed E-state index contributed by atoms with van der Waals surface area (Å²) in [4.78, 5) is 34.4. The number of amides is 1. The third kappa shape index (κ3) is 8.49. The summed E-state index contributed by atoms with van der Waals surface area (Å²) in [6.45, 7) is 9.41. The van der Waals surface area contributed by atoms with Crippen LogP contribution in [0.25, 0.3) is 0 Å². The van der Waals surface area contributed by atoms with Gasteiger partial charge in [0.15, 0.2) is 0 Å². The molecule has 0 bridgehead atoms. The lowest BCUT2D eigenvalue weighted by Crippen LogP contribution is -2.50. The van der Waals surface area contributed by atoms with Gasteiger partial charge in [-0.25, -0.2) is 0 Å². The first kappa shape index (κ1) is 30.0. The highest BCUT2D eigenvalue weighted by Crippen LogP contribution is 2.43. The average Bonchev–Trinajstić information content (AvgIpc) is 3.59. The van der Waals surface area contributed by atoms with Crippen LogP contribution in [0.3, 0.4) is 0 Å². The summed E-state index contributed by atoms with van der Waals surface area (Å²) in [5.41, 5.74) is 0.271. The number of hydrogen-bond donors (Lipinski definition) is 3. The molecule has 0 saturated carbocycles. The maximum atomic E-state index is 12.3. The van der Waals surface area contributed by atoms with E-state index in [4.69, 9.17) is 24.1 Å². The van der Waals surface area contributed by atoms with Crippen LogP contribution in [0.2, 0.25) is 0 Å². The normalized spacial score (nSPS) is 36.4. The smallest absolute Gasteiger partial charge is 0.305 e. The Morgan fingerprint density at radius 2 is 1.89 bits per heavy atom. The molecule has 0 radical (unpaired) electrons. The van der Waals surface area contributed by atoms with Crippen LogP contribution in [0.15, 0.2) is 36.0 Å². The van der Waals surface area contributed by atoms with Gasteiger partial charge in [0.25, 0.3) is 0 Å². The fourth-order valence-electron chi connectivity index (χ4n) is 5.08. The van der Waals surface area contributed by atoms with E-state index in [1.54, 1.807) is 19.1 Å². The van der Waals surface area contributed by atoms with Gasteiger partial charge >= 0.3 is 11.9 Å². The minimum atomic E-state index is -0.941. The standard InChI is InChI=1S/C28H41NO9/c1-16(7-10-24-27(34)28(15-35-28)14-21(38-24)13-26(32)33)6-9-23-17(2)12-22(19(4)37-23)29-25(31)11-8-18(3)36-20(5)30/h6-8,10-11,17-19,21-24,27,34H,9,12-15H2,1-5H3,(H,29,31)(H,32,33)/b10-7+,11-8-,16-6+/t17?,18?,19?,21-,22?,23?,24?,27-,28?/m1/s1. The van der Waals surface area contributed by atoms with Gasteiger partial charge in [-0.15, -0.1) is 0 Å². The summed E-state index contributed by atoms with van der Waals surface area (Å²) in [6.07, 6.45) is 7.67. The second kappa shape index (κ2) is 13.0. The minimum absolute atomic E-state index is 0.0133. The number of epoxide rings is 1. The zero-order valence-corrected chi connectivity index (χ0v) is 22.8. The molecule has 212 valence electrons. The van der Waals surface area contributed by atoms with Crippen molar-refractivity contribution in [2.75, 3.05) is 6.61 Å². The van der Waals surface area contributed by atoms with Crippen LogP contribution in [0.5, 0.6) is 0 Å². The van der Waals surface area contributed by atoms with Crippen molar-refractivity contribution in [2.24, 2.45) is 5.92 Å². The molecule has 10 nitrogen and oxygen atoms in total. The SMILES string of the molecule is CC(=O)OC(C)/C=C\C(=O)NC1CC(C)C(C/C=C(C)/C=C/C2O[C@H](CC(=O)O)CC3(CO3)[C@@H]2O)OC1C. The molecule has 10 heteroatoms. The number of carboxylic acids is 1. The van der Waals surface area contributed by atoms with Crippen LogP contribution in [0, 0.1) is 5.92 Å². The highest BCUT2D eigenvalue weighted by atomic mass is 16.6. The Bertz CT molecular complexity index is 954. The van der Waals surface area contributed by atoms with E-state index in [1.165, 1.54) is 13.0 Å². The predicted molar refractivity (Wildman–Crippen MR) is 138 cm³/mol. The van der Waals surface area contributed by atoms with Gasteiger partial charge in [-0.05, 0) is 45.6 Å². The van der Waals surface area contributed by atoms with Crippen LogP contribution < -0.4 is 5.32 Å². The first-order valence-corrected chi connectivity index (χ1v) is 13.2. The molecule has 0 aliphatic carbocycles. The highest BCUT2D eigenvalue weighted by molar-refractivity contribution is 5.87. The molecular weight excluding hydrogens is 494 g/mol. The summed E-state index contributed by atoms with van der Waals surface area (Å²) in [5, 5.41) is 22.8. The molecule has 3 fully saturated rings. The fourth-order valence-corrected chi connectivity index (χ4v) is 5.08. The summed E-state index contributed by atoms with van der Waals surface area (Å²) in [5.74, 6) is -1.39.